The third-order valence-corrected chi connectivity index (χ3v) is 12.2. The molecule has 0 spiro atoms. The number of amides is 4. The Hall–Kier alpha value is -7.39. The second-order valence-corrected chi connectivity index (χ2v) is 16.9. The summed E-state index contributed by atoms with van der Waals surface area (Å²) >= 11 is 6.04. The van der Waals surface area contributed by atoms with E-state index >= 15 is 0 Å². The Balaban J connectivity index is 0.000000181. The zero-order valence-corrected chi connectivity index (χ0v) is 37.4. The topological polar surface area (TPSA) is 182 Å². The summed E-state index contributed by atoms with van der Waals surface area (Å²) in [6, 6.07) is 27.2. The van der Waals surface area contributed by atoms with Crippen molar-refractivity contribution in [3.8, 4) is 23.3 Å². The molecule has 5 heterocycles. The van der Waals surface area contributed by atoms with Crippen molar-refractivity contribution in [2.24, 2.45) is 0 Å². The number of carbonyl (C=O) groups is 4. The molecular formula is C47H37BrN8O6S2. The molecular weight excluding hydrogens is 917 g/mol. The summed E-state index contributed by atoms with van der Waals surface area (Å²) in [6.45, 7) is 0.618. The number of aromatic nitrogens is 3. The first-order chi connectivity index (χ1) is 31.1. The van der Waals surface area contributed by atoms with Gasteiger partial charge < -0.3 is 25.0 Å². The number of fused-ring (bicyclic) bond motifs is 2. The lowest BCUT2D eigenvalue weighted by molar-refractivity contribution is -0.121. The van der Waals surface area contributed by atoms with Crippen LogP contribution in [-0.4, -0.2) is 62.6 Å². The van der Waals surface area contributed by atoms with Gasteiger partial charge in [-0.3, -0.25) is 29.8 Å². The van der Waals surface area contributed by atoms with E-state index in [1.807, 2.05) is 48.5 Å². The van der Waals surface area contributed by atoms with Crippen LogP contribution in [0.25, 0.3) is 0 Å². The molecule has 3 aromatic heterocycles. The number of hydrogen-bond donors (Lipinski definition) is 3. The standard InChI is InChI=1S/C27H21N5O3S.C20H16BrN3O3S/c1-35-22-5-3-2-4-20(22)24(25(33)31-27-29-12-13-36-27)32-16-19-10-8-17(14-21(19)26(32)34)6-7-18-9-11-23(28)30-15-18;1-27-16-5-3-2-4-14(16)17(18(25)23-20-22-8-9-28-20)24-11-12-6-7-13(21)10-15(12)19(24)26/h2-5,8-15,24H,16H2,1H3,(H2,28,30)(H,29,31,33);2-10,17H,11H2,1H3,(H,22,23,25). The van der Waals surface area contributed by atoms with E-state index in [4.69, 9.17) is 15.2 Å². The monoisotopic (exact) mass is 952 g/mol. The van der Waals surface area contributed by atoms with Crippen molar-refractivity contribution in [1.82, 2.24) is 24.8 Å². The zero-order chi connectivity index (χ0) is 44.7. The molecule has 0 fully saturated rings. The second kappa shape index (κ2) is 19.3. The molecule has 64 heavy (non-hydrogen) atoms. The van der Waals surface area contributed by atoms with Crippen LogP contribution in [0.2, 0.25) is 0 Å². The normalized spacial score (nSPS) is 13.4. The first kappa shape index (κ1) is 43.3. The molecule has 0 saturated carbocycles. The summed E-state index contributed by atoms with van der Waals surface area (Å²) in [7, 11) is 3.09. The smallest absolute Gasteiger partial charge is 0.255 e. The number of methoxy groups -OCH3 is 2. The summed E-state index contributed by atoms with van der Waals surface area (Å²) in [4.78, 5) is 68.9. The van der Waals surface area contributed by atoms with Crippen LogP contribution in [0.15, 0.2) is 131 Å². The average molecular weight is 954 g/mol. The molecule has 0 aliphatic carbocycles. The van der Waals surface area contributed by atoms with Gasteiger partial charge in [0.25, 0.3) is 23.6 Å². The molecule has 7 aromatic rings. The van der Waals surface area contributed by atoms with E-state index in [2.05, 4.69) is 53.4 Å². The van der Waals surface area contributed by atoms with Gasteiger partial charge in [-0.05, 0) is 59.7 Å². The predicted octanol–water partition coefficient (Wildman–Crippen LogP) is 8.11. The van der Waals surface area contributed by atoms with Crippen molar-refractivity contribution < 1.29 is 28.7 Å². The van der Waals surface area contributed by atoms with Crippen molar-refractivity contribution in [3.05, 3.63) is 175 Å². The van der Waals surface area contributed by atoms with E-state index in [9.17, 15) is 19.2 Å². The molecule has 17 heteroatoms. The maximum Gasteiger partial charge on any atom is 0.255 e. The van der Waals surface area contributed by atoms with Crippen molar-refractivity contribution in [2.45, 2.75) is 25.2 Å². The third kappa shape index (κ3) is 9.34. The number of anilines is 3. The highest BCUT2D eigenvalue weighted by Crippen LogP contribution is 2.39. The first-order valence-corrected chi connectivity index (χ1v) is 22.1. The van der Waals surface area contributed by atoms with Gasteiger partial charge in [-0.25, -0.2) is 15.0 Å². The quantitative estimate of drug-likeness (QED) is 0.113. The van der Waals surface area contributed by atoms with Gasteiger partial charge in [0.05, 0.1) is 14.2 Å². The van der Waals surface area contributed by atoms with Gasteiger partial charge >= 0.3 is 0 Å². The van der Waals surface area contributed by atoms with Gasteiger partial charge in [-0.1, -0.05) is 76.3 Å². The number of nitrogen functional groups attached to an aromatic ring is 1. The number of carbonyl (C=O) groups excluding carboxylic acids is 4. The van der Waals surface area contributed by atoms with Crippen LogP contribution in [0.1, 0.15) is 66.2 Å². The maximum atomic E-state index is 13.6. The van der Waals surface area contributed by atoms with Crippen molar-refractivity contribution in [3.63, 3.8) is 0 Å². The summed E-state index contributed by atoms with van der Waals surface area (Å²) in [6.07, 6.45) is 4.83. The van der Waals surface area contributed by atoms with E-state index in [0.29, 0.717) is 67.5 Å². The maximum absolute atomic E-state index is 13.6. The fourth-order valence-electron chi connectivity index (χ4n) is 7.34. The molecule has 4 amide bonds. The lowest BCUT2D eigenvalue weighted by Crippen LogP contribution is -2.37. The minimum absolute atomic E-state index is 0.193. The summed E-state index contributed by atoms with van der Waals surface area (Å²) in [5.74, 6) is 6.44. The lowest BCUT2D eigenvalue weighted by atomic mass is 10.0. The van der Waals surface area contributed by atoms with Crippen LogP contribution in [0.5, 0.6) is 11.5 Å². The van der Waals surface area contributed by atoms with E-state index in [-0.39, 0.29) is 30.2 Å². The molecule has 2 atom stereocenters. The molecule has 2 aliphatic rings. The molecule has 2 aliphatic heterocycles. The fraction of sp³-hybridized carbons (Fsp3) is 0.128. The Morgan fingerprint density at radius 3 is 1.69 bits per heavy atom. The SMILES string of the molecule is COc1ccccc1C(C(=O)Nc1nccs1)N1Cc2ccc(Br)cc2C1=O.COc1ccccc1C(C(=O)Nc1nccs1)N1Cc2ccc(C#Cc3ccc(N)nc3)cc2C1=O. The van der Waals surface area contributed by atoms with Crippen LogP contribution in [0, 0.1) is 11.8 Å². The van der Waals surface area contributed by atoms with Gasteiger partial charge in [-0.15, -0.1) is 22.7 Å². The molecule has 4 aromatic carbocycles. The number of halogens is 1. The minimum Gasteiger partial charge on any atom is -0.496 e. The Bertz CT molecular complexity index is 2920. The van der Waals surface area contributed by atoms with E-state index in [1.165, 1.54) is 29.8 Å². The highest BCUT2D eigenvalue weighted by molar-refractivity contribution is 9.10. The number of benzene rings is 4. The number of thiazole rings is 2. The molecule has 14 nitrogen and oxygen atoms in total. The summed E-state index contributed by atoms with van der Waals surface area (Å²) < 4.78 is 11.8. The number of hydrogen-bond acceptors (Lipinski definition) is 12. The van der Waals surface area contributed by atoms with Crippen molar-refractivity contribution in [2.75, 3.05) is 30.6 Å². The number of para-hydroxylation sites is 2. The molecule has 2 unspecified atom stereocenters. The second-order valence-electron chi connectivity index (χ2n) is 14.2. The molecule has 9 rings (SSSR count). The largest absolute Gasteiger partial charge is 0.496 e. The van der Waals surface area contributed by atoms with Gasteiger partial charge in [0, 0.05) is 80.3 Å². The van der Waals surface area contributed by atoms with Crippen LogP contribution in [0.3, 0.4) is 0 Å². The van der Waals surface area contributed by atoms with Crippen LogP contribution < -0.4 is 25.8 Å². The van der Waals surface area contributed by atoms with Gasteiger partial charge in [0.1, 0.15) is 29.4 Å². The number of pyridine rings is 1. The first-order valence-electron chi connectivity index (χ1n) is 19.5. The highest BCUT2D eigenvalue weighted by Gasteiger charge is 2.40. The van der Waals surface area contributed by atoms with Crippen molar-refractivity contribution >= 4 is 78.3 Å². The average Bonchev–Trinajstić information content (AvgIpc) is 4.14. The third-order valence-electron chi connectivity index (χ3n) is 10.3. The Morgan fingerprint density at radius 2 is 1.19 bits per heavy atom. The van der Waals surface area contributed by atoms with Crippen molar-refractivity contribution in [1.29, 1.82) is 0 Å². The van der Waals surface area contributed by atoms with Gasteiger partial charge in [0.15, 0.2) is 10.3 Å². The number of ether oxygens (including phenoxy) is 2. The predicted molar refractivity (Wildman–Crippen MR) is 248 cm³/mol. The molecule has 320 valence electrons. The Kier molecular flexibility index (Phi) is 13.1. The van der Waals surface area contributed by atoms with Crippen LogP contribution in [-0.2, 0) is 22.7 Å². The summed E-state index contributed by atoms with van der Waals surface area (Å²) in [5.41, 5.74) is 11.0. The lowest BCUT2D eigenvalue weighted by Gasteiger charge is -2.28. The molecule has 0 saturated heterocycles. The van der Waals surface area contributed by atoms with E-state index in [0.717, 1.165) is 15.6 Å². The van der Waals surface area contributed by atoms with Gasteiger partial charge in [-0.2, -0.15) is 0 Å². The fourth-order valence-corrected chi connectivity index (χ4v) is 8.77. The minimum atomic E-state index is -0.916. The van der Waals surface area contributed by atoms with Crippen LogP contribution in [0.4, 0.5) is 16.1 Å². The Labute approximate surface area is 384 Å². The van der Waals surface area contributed by atoms with Gasteiger partial charge in [0.2, 0.25) is 0 Å². The number of nitrogens with one attached hydrogen (secondary N) is 2. The number of nitrogens with two attached hydrogens (primary N) is 1. The highest BCUT2D eigenvalue weighted by atomic mass is 79.9. The molecule has 0 radical (unpaired) electrons. The van der Waals surface area contributed by atoms with Crippen LogP contribution >= 0.6 is 38.6 Å². The molecule has 4 N–H and O–H groups in total. The number of rotatable bonds is 10. The zero-order valence-electron chi connectivity index (χ0n) is 34.2. The number of nitrogens with zero attached hydrogens (tertiary/aromatic N) is 5. The summed E-state index contributed by atoms with van der Waals surface area (Å²) in [5, 5.41) is 10.1. The van der Waals surface area contributed by atoms with E-state index < -0.39 is 12.1 Å². The molecule has 0 bridgehead atoms. The Morgan fingerprint density at radius 1 is 0.688 bits per heavy atom. The van der Waals surface area contributed by atoms with E-state index in [1.54, 1.807) is 94.8 Å².